The van der Waals surface area contributed by atoms with Gasteiger partial charge >= 0.3 is 0 Å². The highest BCUT2D eigenvalue weighted by molar-refractivity contribution is 4.94. The number of hydrogen-bond donors (Lipinski definition) is 0. The number of nitrogens with zero attached hydrogens (tertiary/aromatic N) is 3. The second-order valence-electron chi connectivity index (χ2n) is 4.48. The number of azide groups is 1. The Morgan fingerprint density at radius 2 is 2.18 bits per heavy atom. The van der Waals surface area contributed by atoms with Gasteiger partial charge in [0.2, 0.25) is 0 Å². The van der Waals surface area contributed by atoms with Crippen molar-refractivity contribution in [1.82, 2.24) is 0 Å². The molecule has 0 radical (unpaired) electrons. The first-order valence-electron chi connectivity index (χ1n) is 5.71. The van der Waals surface area contributed by atoms with Crippen LogP contribution in [0, 0.1) is 0 Å². The summed E-state index contributed by atoms with van der Waals surface area (Å²) in [5.41, 5.74) is 8.33. The summed E-state index contributed by atoms with van der Waals surface area (Å²) in [5.74, 6) is -0.659. The summed E-state index contributed by atoms with van der Waals surface area (Å²) in [6, 6.07) is 0. The quantitative estimate of drug-likeness (QED) is 0.426. The van der Waals surface area contributed by atoms with Crippen LogP contribution in [0.1, 0.15) is 20.8 Å². The summed E-state index contributed by atoms with van der Waals surface area (Å²) in [6.45, 7) is 6.34. The molecule has 0 aromatic carbocycles. The number of ether oxygens (including phenoxy) is 4. The maximum Gasteiger partial charge on any atom is 0.190 e. The fourth-order valence-electron chi connectivity index (χ4n) is 2.20. The summed E-state index contributed by atoms with van der Waals surface area (Å²) >= 11 is 0. The smallest absolute Gasteiger partial charge is 0.190 e. The summed E-state index contributed by atoms with van der Waals surface area (Å²) in [4.78, 5) is 2.72. The zero-order chi connectivity index (χ0) is 12.5. The molecule has 7 heteroatoms. The van der Waals surface area contributed by atoms with Crippen LogP contribution in [0.15, 0.2) is 5.11 Å². The zero-order valence-electron chi connectivity index (χ0n) is 10.2. The monoisotopic (exact) mass is 243 g/mol. The Hall–Kier alpha value is -0.850. The van der Waals surface area contributed by atoms with Gasteiger partial charge in [0.05, 0.1) is 12.6 Å². The second kappa shape index (κ2) is 4.80. The van der Waals surface area contributed by atoms with Gasteiger partial charge in [0.25, 0.3) is 0 Å². The van der Waals surface area contributed by atoms with Gasteiger partial charge in [-0.2, -0.15) is 0 Å². The van der Waals surface area contributed by atoms with Crippen LogP contribution in [0.5, 0.6) is 0 Å². The molecule has 0 bridgehead atoms. The minimum Gasteiger partial charge on any atom is -0.373 e. The minimum absolute atomic E-state index is 0.224. The molecule has 4 atom stereocenters. The lowest BCUT2D eigenvalue weighted by atomic mass is 10.1. The largest absolute Gasteiger partial charge is 0.373 e. The van der Waals surface area contributed by atoms with Crippen molar-refractivity contribution < 1.29 is 18.9 Å². The molecule has 0 saturated carbocycles. The minimum atomic E-state index is -0.659. The molecule has 2 aliphatic rings. The van der Waals surface area contributed by atoms with Gasteiger partial charge < -0.3 is 18.9 Å². The lowest BCUT2D eigenvalue weighted by Gasteiger charge is -2.24. The fraction of sp³-hybridized carbons (Fsp3) is 1.00. The number of hydrogen-bond acceptors (Lipinski definition) is 5. The van der Waals surface area contributed by atoms with Gasteiger partial charge in [0.15, 0.2) is 12.1 Å². The van der Waals surface area contributed by atoms with E-state index in [0.717, 1.165) is 0 Å². The van der Waals surface area contributed by atoms with Crippen molar-refractivity contribution >= 4 is 0 Å². The number of fused-ring (bicyclic) bond motifs is 1. The third kappa shape index (κ3) is 2.53. The number of rotatable bonds is 4. The average molecular weight is 243 g/mol. The second-order valence-corrected chi connectivity index (χ2v) is 4.48. The third-order valence-electron chi connectivity index (χ3n) is 2.77. The van der Waals surface area contributed by atoms with Crippen LogP contribution in [0.4, 0.5) is 0 Å². The topological polar surface area (TPSA) is 85.7 Å². The normalized spacial score (nSPS) is 38.8. The molecule has 2 heterocycles. The lowest BCUT2D eigenvalue weighted by molar-refractivity contribution is -0.216. The molecule has 0 aromatic heterocycles. The SMILES string of the molecule is CCO[C@@H]1[C@H]2OC(C)(C)O[C@H]2O[C@@H]1CN=[N+]=[N-]. The molecule has 2 rings (SSSR count). The van der Waals surface area contributed by atoms with Crippen molar-refractivity contribution in [3.05, 3.63) is 10.4 Å². The van der Waals surface area contributed by atoms with Gasteiger partial charge in [-0.15, -0.1) is 0 Å². The summed E-state index contributed by atoms with van der Waals surface area (Å²) < 4.78 is 22.6. The van der Waals surface area contributed by atoms with Crippen molar-refractivity contribution in [1.29, 1.82) is 0 Å². The first kappa shape index (κ1) is 12.6. The van der Waals surface area contributed by atoms with E-state index in [-0.39, 0.29) is 24.9 Å². The van der Waals surface area contributed by atoms with Crippen molar-refractivity contribution in [2.24, 2.45) is 5.11 Å². The van der Waals surface area contributed by atoms with Gasteiger partial charge in [0.1, 0.15) is 12.2 Å². The van der Waals surface area contributed by atoms with E-state index < -0.39 is 12.1 Å². The van der Waals surface area contributed by atoms with Gasteiger partial charge in [-0.3, -0.25) is 0 Å². The molecule has 96 valence electrons. The van der Waals surface area contributed by atoms with Crippen molar-refractivity contribution in [2.45, 2.75) is 51.2 Å². The fourth-order valence-corrected chi connectivity index (χ4v) is 2.20. The maximum atomic E-state index is 8.33. The highest BCUT2D eigenvalue weighted by Crippen LogP contribution is 2.38. The van der Waals surface area contributed by atoms with Gasteiger partial charge in [-0.05, 0) is 26.3 Å². The van der Waals surface area contributed by atoms with Crippen molar-refractivity contribution in [2.75, 3.05) is 13.2 Å². The molecule has 2 fully saturated rings. The van der Waals surface area contributed by atoms with Crippen molar-refractivity contribution in [3.8, 4) is 0 Å². The lowest BCUT2D eigenvalue weighted by Crippen LogP contribution is -2.38. The Bertz CT molecular complexity index is 330. The molecular formula is C10H17N3O4. The van der Waals surface area contributed by atoms with Gasteiger partial charge in [-0.25, -0.2) is 0 Å². The molecule has 2 saturated heterocycles. The Labute approximate surface area is 99.6 Å². The molecule has 0 spiro atoms. The predicted molar refractivity (Wildman–Crippen MR) is 58.1 cm³/mol. The highest BCUT2D eigenvalue weighted by atomic mass is 16.8. The molecule has 0 aliphatic carbocycles. The molecule has 0 amide bonds. The average Bonchev–Trinajstić information content (AvgIpc) is 2.70. The van der Waals surface area contributed by atoms with E-state index in [2.05, 4.69) is 10.0 Å². The molecule has 0 N–H and O–H groups in total. The highest BCUT2D eigenvalue weighted by Gasteiger charge is 2.54. The summed E-state index contributed by atoms with van der Waals surface area (Å²) in [6.07, 6.45) is -1.27. The third-order valence-corrected chi connectivity index (χ3v) is 2.77. The molecule has 0 unspecified atom stereocenters. The molecular weight excluding hydrogens is 226 g/mol. The summed E-state index contributed by atoms with van der Waals surface area (Å²) in [5, 5.41) is 3.51. The maximum absolute atomic E-state index is 8.33. The summed E-state index contributed by atoms with van der Waals surface area (Å²) in [7, 11) is 0. The van der Waals surface area contributed by atoms with Gasteiger partial charge in [-0.1, -0.05) is 5.11 Å². The van der Waals surface area contributed by atoms with E-state index in [0.29, 0.717) is 6.61 Å². The van der Waals surface area contributed by atoms with Crippen molar-refractivity contribution in [3.63, 3.8) is 0 Å². The zero-order valence-corrected chi connectivity index (χ0v) is 10.2. The first-order valence-corrected chi connectivity index (χ1v) is 5.71. The van der Waals surface area contributed by atoms with Crippen LogP contribution < -0.4 is 0 Å². The van der Waals surface area contributed by atoms with Gasteiger partial charge in [0, 0.05) is 11.5 Å². The van der Waals surface area contributed by atoms with Crippen LogP contribution in [0.25, 0.3) is 10.4 Å². The molecule has 0 aromatic rings. The van der Waals surface area contributed by atoms with E-state index in [1.54, 1.807) is 0 Å². The van der Waals surface area contributed by atoms with Crippen LogP contribution in [-0.4, -0.2) is 43.5 Å². The van der Waals surface area contributed by atoms with E-state index in [4.69, 9.17) is 24.5 Å². The van der Waals surface area contributed by atoms with Crippen LogP contribution in [0.2, 0.25) is 0 Å². The molecule has 17 heavy (non-hydrogen) atoms. The first-order chi connectivity index (χ1) is 8.07. The molecule has 7 nitrogen and oxygen atoms in total. The predicted octanol–water partition coefficient (Wildman–Crippen LogP) is 1.58. The van der Waals surface area contributed by atoms with E-state index in [1.807, 2.05) is 20.8 Å². The van der Waals surface area contributed by atoms with Crippen LogP contribution in [0.3, 0.4) is 0 Å². The van der Waals surface area contributed by atoms with E-state index in [9.17, 15) is 0 Å². The van der Waals surface area contributed by atoms with Crippen LogP contribution in [-0.2, 0) is 18.9 Å². The van der Waals surface area contributed by atoms with E-state index in [1.165, 1.54) is 0 Å². The Kier molecular flexibility index (Phi) is 3.56. The van der Waals surface area contributed by atoms with E-state index >= 15 is 0 Å². The Balaban J connectivity index is 2.06. The Morgan fingerprint density at radius 1 is 1.41 bits per heavy atom. The molecule has 2 aliphatic heterocycles. The van der Waals surface area contributed by atoms with Crippen LogP contribution >= 0.6 is 0 Å². The standard InChI is InChI=1S/C10H17N3O4/c1-4-14-7-6(5-12-13-11)15-9-8(7)16-10(2,3)17-9/h6-9H,4-5H2,1-3H3/t6-,7+,8-,9-/m1/s1. The Morgan fingerprint density at radius 3 is 2.82 bits per heavy atom.